The van der Waals surface area contributed by atoms with E-state index in [9.17, 15) is 19.7 Å². The molecule has 0 bridgehead atoms. The largest absolute Gasteiger partial charge is 0.497 e. The lowest BCUT2D eigenvalue weighted by molar-refractivity contribution is -0.385. The van der Waals surface area contributed by atoms with E-state index in [1.807, 2.05) is 13.8 Å². The van der Waals surface area contributed by atoms with E-state index in [2.05, 4.69) is 15.7 Å². The number of carbonyl (C=O) groups excluding carboxylic acids is 2. The van der Waals surface area contributed by atoms with Crippen LogP contribution in [0.15, 0.2) is 18.2 Å². The van der Waals surface area contributed by atoms with Gasteiger partial charge >= 0.3 is 6.09 Å². The zero-order chi connectivity index (χ0) is 21.3. The molecule has 1 amide bonds. The molecule has 0 fully saturated rings. The van der Waals surface area contributed by atoms with E-state index in [-0.39, 0.29) is 23.7 Å². The molecule has 1 aliphatic rings. The van der Waals surface area contributed by atoms with E-state index in [4.69, 9.17) is 9.47 Å². The van der Waals surface area contributed by atoms with Crippen molar-refractivity contribution in [3.63, 3.8) is 0 Å². The lowest BCUT2D eigenvalue weighted by atomic mass is 10.0. The van der Waals surface area contributed by atoms with Gasteiger partial charge in [0, 0.05) is 12.1 Å². The summed E-state index contributed by atoms with van der Waals surface area (Å²) in [5.41, 5.74) is 0.0988. The molecule has 2 heterocycles. The summed E-state index contributed by atoms with van der Waals surface area (Å²) in [6.45, 7) is 5.92. The number of benzene rings is 1. The van der Waals surface area contributed by atoms with Crippen molar-refractivity contribution < 1.29 is 24.0 Å². The molecule has 2 aromatic rings. The molecular weight excluding hydrogens is 382 g/mol. The molecule has 0 saturated carbocycles. The zero-order valence-corrected chi connectivity index (χ0v) is 16.4. The van der Waals surface area contributed by atoms with Gasteiger partial charge in [0.1, 0.15) is 17.1 Å². The van der Waals surface area contributed by atoms with Gasteiger partial charge in [-0.1, -0.05) is 0 Å². The van der Waals surface area contributed by atoms with Gasteiger partial charge in [-0.15, -0.1) is 4.68 Å². The first-order valence-corrected chi connectivity index (χ1v) is 8.88. The first kappa shape index (κ1) is 20.3. The van der Waals surface area contributed by atoms with Crippen LogP contribution in [0.5, 0.6) is 5.75 Å². The number of rotatable bonds is 5. The molecule has 0 atom stereocenters. The number of ether oxygens (including phenoxy) is 2. The van der Waals surface area contributed by atoms with Crippen molar-refractivity contribution in [3.05, 3.63) is 45.1 Å². The summed E-state index contributed by atoms with van der Waals surface area (Å²) in [7, 11) is 1.37. The summed E-state index contributed by atoms with van der Waals surface area (Å²) >= 11 is 0. The monoisotopic (exact) mass is 403 g/mol. The van der Waals surface area contributed by atoms with Crippen LogP contribution < -0.4 is 15.4 Å². The van der Waals surface area contributed by atoms with Gasteiger partial charge in [-0.2, -0.15) is 5.10 Å². The number of aromatic nitrogens is 2. The number of anilines is 1. The van der Waals surface area contributed by atoms with Gasteiger partial charge in [-0.3, -0.25) is 14.9 Å². The first-order chi connectivity index (χ1) is 13.7. The third-order valence-electron chi connectivity index (χ3n) is 4.60. The predicted molar refractivity (Wildman–Crippen MR) is 102 cm³/mol. The summed E-state index contributed by atoms with van der Waals surface area (Å²) in [5, 5.41) is 21.5. The van der Waals surface area contributed by atoms with Crippen molar-refractivity contribution in [2.45, 2.75) is 32.9 Å². The minimum Gasteiger partial charge on any atom is -0.497 e. The Morgan fingerprint density at radius 3 is 2.76 bits per heavy atom. The van der Waals surface area contributed by atoms with E-state index in [1.165, 1.54) is 19.2 Å². The molecule has 0 aliphatic carbocycles. The highest BCUT2D eigenvalue weighted by Gasteiger charge is 2.38. The molecule has 11 nitrogen and oxygen atoms in total. The third-order valence-corrected chi connectivity index (χ3v) is 4.60. The average molecular weight is 403 g/mol. The molecule has 154 valence electrons. The van der Waals surface area contributed by atoms with Gasteiger partial charge in [0.15, 0.2) is 0 Å². The van der Waals surface area contributed by atoms with Crippen LogP contribution in [0, 0.1) is 10.1 Å². The molecule has 11 heteroatoms. The summed E-state index contributed by atoms with van der Waals surface area (Å²) < 4.78 is 11.0. The maximum absolute atomic E-state index is 12.9. The number of amides is 1. The fraction of sp³-hybridized carbons (Fsp3) is 0.389. The molecule has 2 N–H and O–H groups in total. The first-order valence-electron chi connectivity index (χ1n) is 8.88. The van der Waals surface area contributed by atoms with Crippen LogP contribution in [0.3, 0.4) is 0 Å². The number of nitrogens with one attached hydrogen (secondary N) is 2. The zero-order valence-electron chi connectivity index (χ0n) is 16.4. The van der Waals surface area contributed by atoms with E-state index < -0.39 is 28.2 Å². The smallest absolute Gasteiger partial charge is 0.436 e. The van der Waals surface area contributed by atoms with E-state index in [0.717, 1.165) is 10.7 Å². The Bertz CT molecular complexity index is 997. The maximum atomic E-state index is 12.9. The molecule has 1 aliphatic heterocycles. The van der Waals surface area contributed by atoms with Crippen LogP contribution in [0.4, 0.5) is 16.3 Å². The molecule has 3 rings (SSSR count). The number of nitro groups is 1. The van der Waals surface area contributed by atoms with E-state index >= 15 is 0 Å². The molecule has 0 spiro atoms. The Balaban J connectivity index is 2.03. The summed E-state index contributed by atoms with van der Waals surface area (Å²) in [5.74, 6) is -0.388. The van der Waals surface area contributed by atoms with Gasteiger partial charge < -0.3 is 20.1 Å². The Hall–Kier alpha value is -3.47. The van der Waals surface area contributed by atoms with Crippen molar-refractivity contribution >= 4 is 23.5 Å². The van der Waals surface area contributed by atoms with Crippen LogP contribution >= 0.6 is 0 Å². The van der Waals surface area contributed by atoms with E-state index in [0.29, 0.717) is 17.8 Å². The van der Waals surface area contributed by atoms with Crippen LogP contribution in [0.1, 0.15) is 42.4 Å². The topological polar surface area (TPSA) is 138 Å². The predicted octanol–water partition coefficient (Wildman–Crippen LogP) is 2.40. The highest BCUT2D eigenvalue weighted by atomic mass is 16.6. The highest BCUT2D eigenvalue weighted by molar-refractivity contribution is 6.07. The van der Waals surface area contributed by atoms with Gasteiger partial charge in [0.2, 0.25) is 0 Å². The highest BCUT2D eigenvalue weighted by Crippen LogP contribution is 2.35. The Labute approximate surface area is 166 Å². The molecule has 1 aromatic carbocycles. The van der Waals surface area contributed by atoms with Crippen LogP contribution in [0.25, 0.3) is 0 Å². The SMILES string of the molecule is CCOC(=O)n1nc2c(c1NC(=O)c1ccc(OC)cc1[N+](=O)[O-])CNC2(C)C. The number of methoxy groups -OCH3 is 1. The Morgan fingerprint density at radius 1 is 1.41 bits per heavy atom. The number of hydrogen-bond acceptors (Lipinski definition) is 8. The quantitative estimate of drug-likeness (QED) is 0.573. The molecule has 29 heavy (non-hydrogen) atoms. The fourth-order valence-corrected chi connectivity index (χ4v) is 3.11. The van der Waals surface area contributed by atoms with E-state index in [1.54, 1.807) is 6.92 Å². The van der Waals surface area contributed by atoms with Crippen molar-refractivity contribution in [3.8, 4) is 5.75 Å². The van der Waals surface area contributed by atoms with Gasteiger partial charge in [-0.25, -0.2) is 4.79 Å². The van der Waals surface area contributed by atoms with Crippen molar-refractivity contribution in [1.29, 1.82) is 0 Å². The van der Waals surface area contributed by atoms with Gasteiger partial charge in [0.25, 0.3) is 11.6 Å². The number of carbonyl (C=O) groups is 2. The van der Waals surface area contributed by atoms with Crippen LogP contribution in [-0.4, -0.2) is 40.4 Å². The molecular formula is C18H21N5O6. The second-order valence-electron chi connectivity index (χ2n) is 6.86. The van der Waals surface area contributed by atoms with Crippen LogP contribution in [0.2, 0.25) is 0 Å². The summed E-state index contributed by atoms with van der Waals surface area (Å²) in [6.07, 6.45) is -0.753. The Morgan fingerprint density at radius 2 is 2.14 bits per heavy atom. The molecule has 0 saturated heterocycles. The molecule has 0 unspecified atom stereocenters. The third kappa shape index (κ3) is 3.63. The summed E-state index contributed by atoms with van der Waals surface area (Å²) in [6, 6.07) is 3.89. The number of hydrogen-bond donors (Lipinski definition) is 2. The number of nitro benzene ring substituents is 1. The van der Waals surface area contributed by atoms with Gasteiger partial charge in [0.05, 0.1) is 35.9 Å². The minimum atomic E-state index is -0.753. The van der Waals surface area contributed by atoms with Gasteiger partial charge in [-0.05, 0) is 32.9 Å². The van der Waals surface area contributed by atoms with Crippen molar-refractivity contribution in [2.75, 3.05) is 19.0 Å². The average Bonchev–Trinajstić information content (AvgIpc) is 3.19. The molecule has 0 radical (unpaired) electrons. The van der Waals surface area contributed by atoms with Crippen LogP contribution in [-0.2, 0) is 16.8 Å². The second-order valence-corrected chi connectivity index (χ2v) is 6.86. The summed E-state index contributed by atoms with van der Waals surface area (Å²) in [4.78, 5) is 35.9. The minimum absolute atomic E-state index is 0.117. The number of fused-ring (bicyclic) bond motifs is 1. The van der Waals surface area contributed by atoms with Crippen molar-refractivity contribution in [2.24, 2.45) is 0 Å². The maximum Gasteiger partial charge on any atom is 0.436 e. The van der Waals surface area contributed by atoms with Crippen molar-refractivity contribution in [1.82, 2.24) is 15.1 Å². The lowest BCUT2D eigenvalue weighted by Crippen LogP contribution is -2.31. The lowest BCUT2D eigenvalue weighted by Gasteiger charge is -2.17. The molecule has 1 aromatic heterocycles. The second kappa shape index (κ2) is 7.51. The standard InChI is InChI=1S/C18H21N5O6/c1-5-29-17(25)22-15(12-9-19-18(2,3)14(12)21-22)20-16(24)11-7-6-10(28-4)8-13(11)23(26)27/h6-8,19H,5,9H2,1-4H3,(H,20,24). The number of nitrogens with zero attached hydrogens (tertiary/aromatic N) is 3. The Kier molecular flexibility index (Phi) is 5.25. The normalized spacial score (nSPS) is 14.2. The fourth-order valence-electron chi connectivity index (χ4n) is 3.11.